The van der Waals surface area contributed by atoms with Crippen molar-refractivity contribution in [3.63, 3.8) is 0 Å². The Morgan fingerprint density at radius 2 is 2.05 bits per heavy atom. The molecule has 6 heteroatoms. The highest BCUT2D eigenvalue weighted by Gasteiger charge is 2.18. The van der Waals surface area contributed by atoms with E-state index in [9.17, 15) is 0 Å². The molecule has 2 rings (SSSR count). The average molecular weight is 292 g/mol. The molecule has 0 fully saturated rings. The third-order valence-corrected chi connectivity index (χ3v) is 3.97. The maximum absolute atomic E-state index is 6.04. The van der Waals surface area contributed by atoms with Gasteiger partial charge in [0.15, 0.2) is 0 Å². The molecule has 0 amide bonds. The summed E-state index contributed by atoms with van der Waals surface area (Å²) in [6.45, 7) is 7.30. The lowest BCUT2D eigenvalue weighted by molar-refractivity contribution is 0.154. The van der Waals surface area contributed by atoms with Crippen molar-refractivity contribution in [2.24, 2.45) is 0 Å². The molecule has 2 aromatic heterocycles. The van der Waals surface area contributed by atoms with Crippen molar-refractivity contribution < 1.29 is 4.74 Å². The summed E-state index contributed by atoms with van der Waals surface area (Å²) >= 11 is 1.44. The van der Waals surface area contributed by atoms with Crippen molar-refractivity contribution in [3.8, 4) is 11.1 Å². The minimum atomic E-state index is 0.575. The van der Waals surface area contributed by atoms with E-state index in [1.54, 1.807) is 12.4 Å². The molecule has 0 radical (unpaired) electrons. The molecular weight excluding hydrogens is 272 g/mol. The highest BCUT2D eigenvalue weighted by Crippen LogP contribution is 2.38. The highest BCUT2D eigenvalue weighted by molar-refractivity contribution is 7.11. The number of nitrogens with two attached hydrogens (primary N) is 1. The summed E-state index contributed by atoms with van der Waals surface area (Å²) in [5.41, 5.74) is 8.09. The van der Waals surface area contributed by atoms with E-state index in [1.807, 2.05) is 19.1 Å². The topological polar surface area (TPSA) is 64.3 Å². The van der Waals surface area contributed by atoms with Crippen LogP contribution >= 0.6 is 11.5 Å². The lowest BCUT2D eigenvalue weighted by atomic mass is 10.1. The smallest absolute Gasteiger partial charge is 0.147 e. The summed E-state index contributed by atoms with van der Waals surface area (Å²) in [6.07, 6.45) is 3.54. The number of hydrogen-bond donors (Lipinski definition) is 1. The molecular formula is C14H20N4OS. The van der Waals surface area contributed by atoms with Gasteiger partial charge in [0.2, 0.25) is 0 Å². The van der Waals surface area contributed by atoms with E-state index in [0.29, 0.717) is 12.4 Å². The molecule has 0 aliphatic rings. The van der Waals surface area contributed by atoms with E-state index in [0.717, 1.165) is 35.8 Å². The maximum Gasteiger partial charge on any atom is 0.147 e. The Kier molecular flexibility index (Phi) is 5.31. The number of rotatable bonds is 7. The third-order valence-electron chi connectivity index (χ3n) is 3.05. The van der Waals surface area contributed by atoms with Gasteiger partial charge >= 0.3 is 0 Å². The maximum atomic E-state index is 6.04. The molecule has 0 spiro atoms. The first-order valence-corrected chi connectivity index (χ1v) is 7.53. The minimum absolute atomic E-state index is 0.575. The second-order valence-corrected chi connectivity index (χ2v) is 5.01. The Hall–Kier alpha value is -1.66. The van der Waals surface area contributed by atoms with Crippen molar-refractivity contribution >= 4 is 22.4 Å². The zero-order valence-corrected chi connectivity index (χ0v) is 12.7. The van der Waals surface area contributed by atoms with Gasteiger partial charge in [0, 0.05) is 32.1 Å². The first-order chi connectivity index (χ1) is 9.77. The predicted molar refractivity (Wildman–Crippen MR) is 84.1 cm³/mol. The summed E-state index contributed by atoms with van der Waals surface area (Å²) in [7, 11) is 0. The van der Waals surface area contributed by atoms with Crippen LogP contribution < -0.4 is 10.6 Å². The summed E-state index contributed by atoms with van der Waals surface area (Å²) < 4.78 is 9.75. The molecule has 0 saturated heterocycles. The quantitative estimate of drug-likeness (QED) is 0.795. The van der Waals surface area contributed by atoms with Crippen molar-refractivity contribution in [2.45, 2.75) is 13.8 Å². The molecule has 5 nitrogen and oxygen atoms in total. The largest absolute Gasteiger partial charge is 0.382 e. The highest BCUT2D eigenvalue weighted by atomic mass is 32.1. The monoisotopic (exact) mass is 292 g/mol. The molecule has 0 atom stereocenters. The summed E-state index contributed by atoms with van der Waals surface area (Å²) in [5, 5.41) is 1.09. The van der Waals surface area contributed by atoms with E-state index in [4.69, 9.17) is 10.5 Å². The Morgan fingerprint density at radius 1 is 1.30 bits per heavy atom. The summed E-state index contributed by atoms with van der Waals surface area (Å²) in [4.78, 5) is 6.30. The van der Waals surface area contributed by atoms with Gasteiger partial charge < -0.3 is 15.4 Å². The number of hydrogen-bond acceptors (Lipinski definition) is 6. The van der Waals surface area contributed by atoms with Crippen molar-refractivity contribution in [3.05, 3.63) is 24.5 Å². The Morgan fingerprint density at radius 3 is 2.70 bits per heavy atom. The summed E-state index contributed by atoms with van der Waals surface area (Å²) in [6, 6.07) is 3.92. The van der Waals surface area contributed by atoms with Crippen LogP contribution in [0.5, 0.6) is 0 Å². The molecule has 2 heterocycles. The fraction of sp³-hybridized carbons (Fsp3) is 0.429. The fourth-order valence-electron chi connectivity index (χ4n) is 2.02. The van der Waals surface area contributed by atoms with E-state index in [1.165, 1.54) is 11.5 Å². The van der Waals surface area contributed by atoms with Crippen molar-refractivity contribution in [1.82, 2.24) is 9.36 Å². The normalized spacial score (nSPS) is 10.7. The van der Waals surface area contributed by atoms with Crippen LogP contribution in [-0.2, 0) is 4.74 Å². The van der Waals surface area contributed by atoms with Gasteiger partial charge in [-0.3, -0.25) is 4.98 Å². The number of aromatic nitrogens is 2. The number of nitrogen functional groups attached to an aromatic ring is 1. The second kappa shape index (κ2) is 7.21. The van der Waals surface area contributed by atoms with Gasteiger partial charge in [-0.2, -0.15) is 4.37 Å². The number of pyridine rings is 1. The minimum Gasteiger partial charge on any atom is -0.382 e. The van der Waals surface area contributed by atoms with Crippen LogP contribution in [0.15, 0.2) is 24.5 Å². The molecule has 0 saturated carbocycles. The van der Waals surface area contributed by atoms with Gasteiger partial charge in [0.1, 0.15) is 10.8 Å². The van der Waals surface area contributed by atoms with E-state index in [2.05, 4.69) is 21.2 Å². The first-order valence-electron chi connectivity index (χ1n) is 6.76. The van der Waals surface area contributed by atoms with Crippen LogP contribution in [0.25, 0.3) is 11.1 Å². The Bertz CT molecular complexity index is 529. The molecule has 108 valence electrons. The van der Waals surface area contributed by atoms with E-state index in [-0.39, 0.29) is 0 Å². The average Bonchev–Trinajstić information content (AvgIpc) is 2.86. The Labute approximate surface area is 123 Å². The van der Waals surface area contributed by atoms with Crippen molar-refractivity contribution in [1.29, 1.82) is 0 Å². The van der Waals surface area contributed by atoms with Crippen LogP contribution in [0.4, 0.5) is 10.8 Å². The number of anilines is 2. The zero-order chi connectivity index (χ0) is 14.4. The molecule has 0 aliphatic carbocycles. The van der Waals surface area contributed by atoms with Crippen molar-refractivity contribution in [2.75, 3.05) is 36.9 Å². The molecule has 0 unspecified atom stereocenters. The lowest BCUT2D eigenvalue weighted by Crippen LogP contribution is -2.26. The Balaban J connectivity index is 2.27. The van der Waals surface area contributed by atoms with Gasteiger partial charge in [-0.15, -0.1) is 0 Å². The van der Waals surface area contributed by atoms with Gasteiger partial charge in [-0.1, -0.05) is 0 Å². The molecule has 0 bridgehead atoms. The standard InChI is InChI=1S/C14H20N4OS/c1-3-18(9-10-19-4-2)14-12(13(15)17-20-14)11-5-7-16-8-6-11/h5-8H,3-4,9-10H2,1-2H3,(H2,15,17). The molecule has 20 heavy (non-hydrogen) atoms. The lowest BCUT2D eigenvalue weighted by Gasteiger charge is -2.22. The second-order valence-electron chi connectivity index (χ2n) is 4.26. The predicted octanol–water partition coefficient (Wildman–Crippen LogP) is 2.65. The van der Waals surface area contributed by atoms with E-state index < -0.39 is 0 Å². The SMILES string of the molecule is CCOCCN(CC)c1snc(N)c1-c1ccncc1. The van der Waals surface area contributed by atoms with Gasteiger partial charge in [-0.05, 0) is 43.1 Å². The van der Waals surface area contributed by atoms with E-state index >= 15 is 0 Å². The number of ether oxygens (including phenoxy) is 1. The van der Waals surface area contributed by atoms with Crippen LogP contribution in [-0.4, -0.2) is 35.7 Å². The molecule has 0 aromatic carbocycles. The fourth-order valence-corrected chi connectivity index (χ4v) is 2.95. The summed E-state index contributed by atoms with van der Waals surface area (Å²) in [5.74, 6) is 0.575. The van der Waals surface area contributed by atoms with Gasteiger partial charge in [-0.25, -0.2) is 0 Å². The molecule has 0 aliphatic heterocycles. The number of nitrogens with zero attached hydrogens (tertiary/aromatic N) is 3. The van der Waals surface area contributed by atoms with Crippen LogP contribution in [0, 0.1) is 0 Å². The zero-order valence-electron chi connectivity index (χ0n) is 11.9. The first kappa shape index (κ1) is 14.7. The molecule has 2 N–H and O–H groups in total. The van der Waals surface area contributed by atoms with Gasteiger partial charge in [0.05, 0.1) is 12.2 Å². The van der Waals surface area contributed by atoms with Crippen LogP contribution in [0.1, 0.15) is 13.8 Å². The number of likely N-dealkylation sites (N-methyl/N-ethyl adjacent to an activating group) is 1. The van der Waals surface area contributed by atoms with Crippen LogP contribution in [0.2, 0.25) is 0 Å². The third kappa shape index (κ3) is 3.26. The van der Waals surface area contributed by atoms with Crippen LogP contribution in [0.3, 0.4) is 0 Å². The van der Waals surface area contributed by atoms with Gasteiger partial charge in [0.25, 0.3) is 0 Å². The molecule has 2 aromatic rings.